The highest BCUT2D eigenvalue weighted by Crippen LogP contribution is 2.27. The maximum absolute atomic E-state index is 5.52. The van der Waals surface area contributed by atoms with E-state index in [-0.39, 0.29) is 0 Å². The third-order valence-corrected chi connectivity index (χ3v) is 4.82. The zero-order valence-electron chi connectivity index (χ0n) is 15.9. The van der Waals surface area contributed by atoms with E-state index in [9.17, 15) is 0 Å². The van der Waals surface area contributed by atoms with Crippen LogP contribution in [0.4, 0.5) is 0 Å². The van der Waals surface area contributed by atoms with E-state index in [1.807, 2.05) is 24.5 Å². The largest absolute Gasteiger partial charge is 0.497 e. The molecule has 3 aromatic carbocycles. The zero-order valence-corrected chi connectivity index (χ0v) is 15.9. The first-order valence-corrected chi connectivity index (χ1v) is 9.40. The lowest BCUT2D eigenvalue weighted by atomic mass is 10.0. The van der Waals surface area contributed by atoms with E-state index in [0.717, 1.165) is 35.6 Å². The highest BCUT2D eigenvalue weighted by atomic mass is 16.5. The van der Waals surface area contributed by atoms with Crippen molar-refractivity contribution in [1.29, 1.82) is 0 Å². The van der Waals surface area contributed by atoms with Crippen LogP contribution in [0.3, 0.4) is 0 Å². The number of nitrogens with zero attached hydrogens (tertiary/aromatic N) is 2. The molecule has 0 saturated heterocycles. The zero-order chi connectivity index (χ0) is 19.3. The maximum atomic E-state index is 5.52. The topological polar surface area (TPSA) is 65.1 Å². The van der Waals surface area contributed by atoms with Crippen LogP contribution in [0.15, 0.2) is 73.1 Å². The van der Waals surface area contributed by atoms with Crippen LogP contribution in [0.5, 0.6) is 5.75 Å². The molecular weight excluding hydrogens is 348 g/mol. The third kappa shape index (κ3) is 3.76. The van der Waals surface area contributed by atoms with E-state index in [1.165, 1.54) is 16.7 Å². The van der Waals surface area contributed by atoms with Crippen LogP contribution < -0.4 is 15.8 Å². The Morgan fingerprint density at radius 2 is 1.82 bits per heavy atom. The molecule has 0 unspecified atom stereocenters. The minimum atomic E-state index is 0.652. The number of benzene rings is 3. The lowest BCUT2D eigenvalue weighted by molar-refractivity contribution is 0.414. The van der Waals surface area contributed by atoms with Crippen LogP contribution in [0.1, 0.15) is 5.56 Å². The van der Waals surface area contributed by atoms with Gasteiger partial charge < -0.3 is 15.8 Å². The molecule has 0 saturated carbocycles. The summed E-state index contributed by atoms with van der Waals surface area (Å²) in [5, 5.41) is 3.32. The van der Waals surface area contributed by atoms with Gasteiger partial charge in [0.05, 0.1) is 23.8 Å². The summed E-state index contributed by atoms with van der Waals surface area (Å²) in [6.45, 7) is 2.31. The van der Waals surface area contributed by atoms with Gasteiger partial charge in [-0.05, 0) is 41.0 Å². The first-order chi connectivity index (χ1) is 13.8. The van der Waals surface area contributed by atoms with Crippen LogP contribution in [0.2, 0.25) is 0 Å². The molecule has 0 fully saturated rings. The maximum Gasteiger partial charge on any atom is 0.120 e. The Hall–Kier alpha value is -3.15. The highest BCUT2D eigenvalue weighted by molar-refractivity contribution is 5.83. The summed E-state index contributed by atoms with van der Waals surface area (Å²) in [5.41, 5.74) is 12.2. The summed E-state index contributed by atoms with van der Waals surface area (Å²) in [6.07, 6.45) is 1.86. The van der Waals surface area contributed by atoms with E-state index in [2.05, 4.69) is 63.4 Å². The number of hydrogen-bond acceptors (Lipinski definition) is 4. The predicted octanol–water partition coefficient (Wildman–Crippen LogP) is 3.75. The molecule has 4 aromatic rings. The normalized spacial score (nSPS) is 11.1. The third-order valence-electron chi connectivity index (χ3n) is 4.82. The Labute approximate surface area is 164 Å². The van der Waals surface area contributed by atoms with Gasteiger partial charge in [-0.2, -0.15) is 0 Å². The Morgan fingerprint density at radius 1 is 1.00 bits per heavy atom. The van der Waals surface area contributed by atoms with Crippen molar-refractivity contribution in [3.8, 4) is 22.6 Å². The van der Waals surface area contributed by atoms with E-state index >= 15 is 0 Å². The molecule has 0 spiro atoms. The molecule has 0 aliphatic heterocycles. The van der Waals surface area contributed by atoms with Gasteiger partial charge in [0.1, 0.15) is 12.1 Å². The summed E-state index contributed by atoms with van der Waals surface area (Å²) in [4.78, 5) is 4.54. The van der Waals surface area contributed by atoms with Gasteiger partial charge >= 0.3 is 0 Å². The number of aromatic nitrogens is 2. The van der Waals surface area contributed by atoms with Gasteiger partial charge in [0.15, 0.2) is 0 Å². The fourth-order valence-corrected chi connectivity index (χ4v) is 3.30. The van der Waals surface area contributed by atoms with Crippen LogP contribution in [-0.2, 0) is 6.54 Å². The molecule has 5 heteroatoms. The number of ether oxygens (including phenoxy) is 1. The summed E-state index contributed by atoms with van der Waals surface area (Å²) in [5.74, 6) is 0.828. The Bertz CT molecular complexity index is 1070. The van der Waals surface area contributed by atoms with Crippen molar-refractivity contribution in [2.45, 2.75) is 6.54 Å². The second-order valence-electron chi connectivity index (χ2n) is 6.68. The number of nitrogens with two attached hydrogens (primary N) is 1. The second-order valence-corrected chi connectivity index (χ2v) is 6.68. The molecule has 1 heterocycles. The van der Waals surface area contributed by atoms with Crippen LogP contribution >= 0.6 is 0 Å². The summed E-state index contributed by atoms with van der Waals surface area (Å²) < 4.78 is 7.45. The minimum absolute atomic E-state index is 0.652. The average Bonchev–Trinajstić information content (AvgIpc) is 3.18. The minimum Gasteiger partial charge on any atom is -0.497 e. The number of fused-ring (bicyclic) bond motifs is 1. The van der Waals surface area contributed by atoms with Crippen LogP contribution in [-0.4, -0.2) is 29.8 Å². The van der Waals surface area contributed by atoms with Crippen molar-refractivity contribution in [2.75, 3.05) is 20.2 Å². The fourth-order valence-electron chi connectivity index (χ4n) is 3.30. The van der Waals surface area contributed by atoms with Crippen LogP contribution in [0.25, 0.3) is 27.8 Å². The Balaban J connectivity index is 1.66. The molecule has 0 radical (unpaired) electrons. The van der Waals surface area contributed by atoms with Crippen molar-refractivity contribution < 1.29 is 4.74 Å². The molecule has 142 valence electrons. The van der Waals surface area contributed by atoms with E-state index in [0.29, 0.717) is 6.54 Å². The number of rotatable bonds is 7. The first kappa shape index (κ1) is 18.2. The van der Waals surface area contributed by atoms with E-state index < -0.39 is 0 Å². The number of imidazole rings is 1. The van der Waals surface area contributed by atoms with Gasteiger partial charge in [-0.3, -0.25) is 4.57 Å². The summed E-state index contributed by atoms with van der Waals surface area (Å²) in [6, 6.07) is 23.0. The number of nitrogens with one attached hydrogen (secondary N) is 1. The molecule has 0 amide bonds. The van der Waals surface area contributed by atoms with Gasteiger partial charge in [-0.1, -0.05) is 36.4 Å². The smallest absolute Gasteiger partial charge is 0.120 e. The molecule has 0 bridgehead atoms. The molecule has 0 aliphatic rings. The van der Waals surface area contributed by atoms with E-state index in [4.69, 9.17) is 10.5 Å². The highest BCUT2D eigenvalue weighted by Gasteiger charge is 2.08. The average molecular weight is 372 g/mol. The van der Waals surface area contributed by atoms with Gasteiger partial charge in [0, 0.05) is 25.7 Å². The lowest BCUT2D eigenvalue weighted by Crippen LogP contribution is -2.21. The van der Waals surface area contributed by atoms with E-state index in [1.54, 1.807) is 7.11 Å². The molecule has 0 atom stereocenters. The van der Waals surface area contributed by atoms with Crippen molar-refractivity contribution >= 4 is 11.0 Å². The Morgan fingerprint density at radius 3 is 2.61 bits per heavy atom. The van der Waals surface area contributed by atoms with Gasteiger partial charge in [-0.25, -0.2) is 4.98 Å². The molecule has 28 heavy (non-hydrogen) atoms. The van der Waals surface area contributed by atoms with Gasteiger partial charge in [0.2, 0.25) is 0 Å². The quantitative estimate of drug-likeness (QED) is 0.485. The van der Waals surface area contributed by atoms with Crippen molar-refractivity contribution in [1.82, 2.24) is 14.9 Å². The molecular formula is C23H24N4O. The van der Waals surface area contributed by atoms with Crippen molar-refractivity contribution in [3.05, 3.63) is 78.6 Å². The summed E-state index contributed by atoms with van der Waals surface area (Å²) >= 11 is 0. The summed E-state index contributed by atoms with van der Waals surface area (Å²) in [7, 11) is 1.68. The fraction of sp³-hybridized carbons (Fsp3) is 0.174. The number of hydrogen-bond donors (Lipinski definition) is 2. The Kier molecular flexibility index (Phi) is 5.37. The SMILES string of the molecule is COc1cccc(-n2cnc3ccc(-c4ccc(CNCCN)cc4)cc32)c1. The molecule has 1 aromatic heterocycles. The van der Waals surface area contributed by atoms with Gasteiger partial charge in [-0.15, -0.1) is 0 Å². The van der Waals surface area contributed by atoms with Crippen molar-refractivity contribution in [3.63, 3.8) is 0 Å². The predicted molar refractivity (Wildman–Crippen MR) is 114 cm³/mol. The number of methoxy groups -OCH3 is 1. The molecule has 4 rings (SSSR count). The second kappa shape index (κ2) is 8.25. The monoisotopic (exact) mass is 372 g/mol. The first-order valence-electron chi connectivity index (χ1n) is 9.40. The molecule has 3 N–H and O–H groups in total. The molecule has 0 aliphatic carbocycles. The standard InChI is InChI=1S/C23H24N4O/c1-28-21-4-2-3-20(14-21)27-16-26-22-10-9-19(13-23(22)27)18-7-5-17(6-8-18)15-25-12-11-24/h2-10,13-14,16,25H,11-12,15,24H2,1H3. The van der Waals surface area contributed by atoms with Gasteiger partial charge in [0.25, 0.3) is 0 Å². The van der Waals surface area contributed by atoms with Crippen LogP contribution in [0, 0.1) is 0 Å². The molecule has 5 nitrogen and oxygen atoms in total. The van der Waals surface area contributed by atoms with Crippen molar-refractivity contribution in [2.24, 2.45) is 5.73 Å². The lowest BCUT2D eigenvalue weighted by Gasteiger charge is -2.09.